The van der Waals surface area contributed by atoms with Gasteiger partial charge in [-0.1, -0.05) is 0 Å². The van der Waals surface area contributed by atoms with Crippen molar-refractivity contribution >= 4 is 17.1 Å². The first kappa shape index (κ1) is 11.7. The Hall–Kier alpha value is -0.740. The number of Topliss-reactive ketones (excluding diaryl/α,β-unsaturated/α-hetero) is 1. The number of carbonyl (C=O) groups is 1. The fourth-order valence-electron chi connectivity index (χ4n) is 2.21. The van der Waals surface area contributed by atoms with E-state index in [4.69, 9.17) is 0 Å². The van der Waals surface area contributed by atoms with Crippen molar-refractivity contribution in [1.82, 2.24) is 9.88 Å². The summed E-state index contributed by atoms with van der Waals surface area (Å²) in [7, 11) is 0. The van der Waals surface area contributed by atoms with E-state index in [1.54, 1.807) is 18.3 Å². The average Bonchev–Trinajstić information content (AvgIpc) is 2.84. The van der Waals surface area contributed by atoms with Gasteiger partial charge >= 0.3 is 0 Å². The van der Waals surface area contributed by atoms with Gasteiger partial charge in [0.05, 0.1) is 16.6 Å². The van der Waals surface area contributed by atoms with Crippen LogP contribution in [0.3, 0.4) is 0 Å². The van der Waals surface area contributed by atoms with Gasteiger partial charge in [0, 0.05) is 6.92 Å². The van der Waals surface area contributed by atoms with Crippen LogP contribution >= 0.6 is 11.3 Å². The maximum Gasteiger partial charge on any atom is 0.171 e. The molecule has 0 bridgehead atoms. The summed E-state index contributed by atoms with van der Waals surface area (Å²) in [5.41, 5.74) is 0.888. The second-order valence-corrected chi connectivity index (χ2v) is 5.47. The Morgan fingerprint density at radius 3 is 2.56 bits per heavy atom. The number of rotatable bonds is 3. The number of carbonyl (C=O) groups excluding carboxylic acids is 1. The van der Waals surface area contributed by atoms with Gasteiger partial charge in [0.15, 0.2) is 5.78 Å². The van der Waals surface area contributed by atoms with Gasteiger partial charge in [0.25, 0.3) is 0 Å². The van der Waals surface area contributed by atoms with Crippen LogP contribution in [-0.2, 0) is 0 Å². The van der Waals surface area contributed by atoms with Crippen LogP contribution in [0.2, 0.25) is 0 Å². The SMILES string of the molecule is CC(=O)c1sc(C(C)N2CCCC2)nc1C. The molecule has 0 aromatic carbocycles. The molecule has 2 heterocycles. The summed E-state index contributed by atoms with van der Waals surface area (Å²) in [6.45, 7) is 8.05. The minimum absolute atomic E-state index is 0.134. The number of aromatic nitrogens is 1. The van der Waals surface area contributed by atoms with Gasteiger partial charge in [-0.2, -0.15) is 0 Å². The first-order valence-corrected chi connectivity index (χ1v) is 6.63. The zero-order valence-corrected chi connectivity index (χ0v) is 10.9. The molecule has 0 spiro atoms. The van der Waals surface area contributed by atoms with Crippen molar-refractivity contribution in [2.75, 3.05) is 13.1 Å². The Kier molecular flexibility index (Phi) is 3.40. The molecular weight excluding hydrogens is 220 g/mol. The Morgan fingerprint density at radius 1 is 1.44 bits per heavy atom. The smallest absolute Gasteiger partial charge is 0.171 e. The van der Waals surface area contributed by atoms with E-state index < -0.39 is 0 Å². The summed E-state index contributed by atoms with van der Waals surface area (Å²) in [6, 6.07) is 0.360. The van der Waals surface area contributed by atoms with E-state index in [9.17, 15) is 4.79 Å². The molecule has 1 fully saturated rings. The van der Waals surface area contributed by atoms with Gasteiger partial charge in [0.2, 0.25) is 0 Å². The van der Waals surface area contributed by atoms with E-state index in [1.165, 1.54) is 12.8 Å². The highest BCUT2D eigenvalue weighted by atomic mass is 32.1. The molecule has 1 aromatic heterocycles. The predicted molar refractivity (Wildman–Crippen MR) is 66.1 cm³/mol. The van der Waals surface area contributed by atoms with Crippen molar-refractivity contribution in [3.63, 3.8) is 0 Å². The van der Waals surface area contributed by atoms with Gasteiger partial charge < -0.3 is 0 Å². The lowest BCUT2D eigenvalue weighted by Crippen LogP contribution is -2.23. The lowest BCUT2D eigenvalue weighted by atomic mass is 10.3. The van der Waals surface area contributed by atoms with Gasteiger partial charge in [-0.25, -0.2) is 4.98 Å². The lowest BCUT2D eigenvalue weighted by molar-refractivity contribution is 0.102. The maximum atomic E-state index is 11.4. The van der Waals surface area contributed by atoms with Crippen molar-refractivity contribution < 1.29 is 4.79 Å². The number of likely N-dealkylation sites (tertiary alicyclic amines) is 1. The van der Waals surface area contributed by atoms with Crippen LogP contribution in [0.25, 0.3) is 0 Å². The molecule has 0 amide bonds. The van der Waals surface area contributed by atoms with Crippen LogP contribution < -0.4 is 0 Å². The Bertz CT molecular complexity index is 394. The zero-order chi connectivity index (χ0) is 11.7. The molecule has 1 aliphatic heterocycles. The minimum atomic E-state index is 0.134. The summed E-state index contributed by atoms with van der Waals surface area (Å²) < 4.78 is 0. The summed E-state index contributed by atoms with van der Waals surface area (Å²) in [4.78, 5) is 19.2. The van der Waals surface area contributed by atoms with Crippen molar-refractivity contribution in [2.24, 2.45) is 0 Å². The van der Waals surface area contributed by atoms with Crippen LogP contribution in [-0.4, -0.2) is 28.8 Å². The predicted octanol–water partition coefficient (Wildman–Crippen LogP) is 2.81. The third-order valence-electron chi connectivity index (χ3n) is 3.18. The van der Waals surface area contributed by atoms with E-state index in [0.29, 0.717) is 6.04 Å². The first-order chi connectivity index (χ1) is 7.59. The van der Waals surface area contributed by atoms with Crippen molar-refractivity contribution in [2.45, 2.75) is 39.7 Å². The molecule has 1 aromatic rings. The largest absolute Gasteiger partial charge is 0.294 e. The highest BCUT2D eigenvalue weighted by molar-refractivity contribution is 7.13. The van der Waals surface area contributed by atoms with Crippen molar-refractivity contribution in [1.29, 1.82) is 0 Å². The second-order valence-electron chi connectivity index (χ2n) is 4.44. The number of hydrogen-bond donors (Lipinski definition) is 0. The van der Waals surface area contributed by atoms with Crippen LogP contribution in [0, 0.1) is 6.92 Å². The third kappa shape index (κ3) is 2.18. The second kappa shape index (κ2) is 4.63. The number of aryl methyl sites for hydroxylation is 1. The Labute approximate surface area is 100 Å². The normalized spacial score (nSPS) is 18.9. The quantitative estimate of drug-likeness (QED) is 0.759. The van der Waals surface area contributed by atoms with Crippen LogP contribution in [0.4, 0.5) is 0 Å². The Balaban J connectivity index is 2.20. The number of nitrogens with zero attached hydrogens (tertiary/aromatic N) is 2. The molecule has 1 aliphatic rings. The van der Waals surface area contributed by atoms with E-state index in [2.05, 4.69) is 16.8 Å². The fraction of sp³-hybridized carbons (Fsp3) is 0.667. The number of thiazole rings is 1. The van der Waals surface area contributed by atoms with Crippen molar-refractivity contribution in [3.8, 4) is 0 Å². The molecular formula is C12H18N2OS. The molecule has 1 unspecified atom stereocenters. The zero-order valence-electron chi connectivity index (χ0n) is 10.1. The third-order valence-corrected chi connectivity index (χ3v) is 4.61. The standard InChI is InChI=1S/C12H18N2OS/c1-8-11(10(3)15)16-12(13-8)9(2)14-6-4-5-7-14/h9H,4-7H2,1-3H3. The molecule has 4 heteroatoms. The Morgan fingerprint density at radius 2 is 2.06 bits per heavy atom. The molecule has 1 atom stereocenters. The molecule has 16 heavy (non-hydrogen) atoms. The summed E-state index contributed by atoms with van der Waals surface area (Å²) in [5, 5.41) is 1.09. The van der Waals surface area contributed by atoms with Gasteiger partial charge in [-0.05, 0) is 39.8 Å². The molecule has 0 aliphatic carbocycles. The van der Waals surface area contributed by atoms with E-state index in [0.717, 1.165) is 28.7 Å². The van der Waals surface area contributed by atoms with Gasteiger partial charge in [0.1, 0.15) is 5.01 Å². The lowest BCUT2D eigenvalue weighted by Gasteiger charge is -2.21. The molecule has 1 saturated heterocycles. The van der Waals surface area contributed by atoms with E-state index in [-0.39, 0.29) is 5.78 Å². The van der Waals surface area contributed by atoms with Crippen LogP contribution in [0.15, 0.2) is 0 Å². The molecule has 2 rings (SSSR count). The molecule has 0 radical (unpaired) electrons. The van der Waals surface area contributed by atoms with Crippen molar-refractivity contribution in [3.05, 3.63) is 15.6 Å². The van der Waals surface area contributed by atoms with E-state index in [1.807, 2.05) is 6.92 Å². The highest BCUT2D eigenvalue weighted by Gasteiger charge is 2.23. The average molecular weight is 238 g/mol. The maximum absolute atomic E-state index is 11.4. The monoisotopic (exact) mass is 238 g/mol. The number of ketones is 1. The topological polar surface area (TPSA) is 33.2 Å². The number of hydrogen-bond acceptors (Lipinski definition) is 4. The molecule has 0 saturated carbocycles. The summed E-state index contributed by atoms with van der Waals surface area (Å²) >= 11 is 1.56. The molecule has 3 nitrogen and oxygen atoms in total. The fourth-order valence-corrected chi connectivity index (χ4v) is 3.26. The molecule has 88 valence electrons. The van der Waals surface area contributed by atoms with E-state index >= 15 is 0 Å². The van der Waals surface area contributed by atoms with Crippen LogP contribution in [0.1, 0.15) is 53.1 Å². The minimum Gasteiger partial charge on any atom is -0.294 e. The highest BCUT2D eigenvalue weighted by Crippen LogP contribution is 2.29. The van der Waals surface area contributed by atoms with Gasteiger partial charge in [-0.3, -0.25) is 9.69 Å². The summed E-state index contributed by atoms with van der Waals surface area (Å²) in [6.07, 6.45) is 2.57. The first-order valence-electron chi connectivity index (χ1n) is 5.82. The molecule has 0 N–H and O–H groups in total. The summed E-state index contributed by atoms with van der Waals surface area (Å²) in [5.74, 6) is 0.134. The van der Waals surface area contributed by atoms with Gasteiger partial charge in [-0.15, -0.1) is 11.3 Å². The van der Waals surface area contributed by atoms with Crippen LogP contribution in [0.5, 0.6) is 0 Å².